The van der Waals surface area contributed by atoms with Crippen molar-refractivity contribution in [2.45, 2.75) is 66.7 Å². The largest absolute Gasteiger partial charge is 0.100 e. The average Bonchev–Trinajstić information content (AvgIpc) is 2.06. The standard InChI is InChI=1S/C11H22.C2H6/c1-10(2)8-6-5-7-9-11(3)4;1-2/h11H,1,5-9H2,2-4H3;1-2H3. The summed E-state index contributed by atoms with van der Waals surface area (Å²) in [6.07, 6.45) is 6.71. The molecular weight excluding hydrogens is 156 g/mol. The van der Waals surface area contributed by atoms with Crippen LogP contribution in [0.25, 0.3) is 0 Å². The van der Waals surface area contributed by atoms with Gasteiger partial charge in [0.05, 0.1) is 0 Å². The Morgan fingerprint density at radius 2 is 1.62 bits per heavy atom. The molecule has 0 heteroatoms. The summed E-state index contributed by atoms with van der Waals surface area (Å²) >= 11 is 0. The molecule has 0 aliphatic heterocycles. The summed E-state index contributed by atoms with van der Waals surface area (Å²) in [6, 6.07) is 0. The molecule has 0 saturated carbocycles. The summed E-state index contributed by atoms with van der Waals surface area (Å²) in [6.45, 7) is 14.6. The highest BCUT2D eigenvalue weighted by atomic mass is 14.0. The molecule has 0 aliphatic rings. The molecule has 0 spiro atoms. The molecule has 0 aromatic rings. The smallest absolute Gasteiger partial charge is 0.0326 e. The zero-order chi connectivity index (χ0) is 10.7. The van der Waals surface area contributed by atoms with Gasteiger partial charge in [-0.25, -0.2) is 0 Å². The zero-order valence-corrected chi connectivity index (χ0v) is 10.3. The molecule has 0 aliphatic carbocycles. The Hall–Kier alpha value is -0.260. The first-order valence-electron chi connectivity index (χ1n) is 5.77. The van der Waals surface area contributed by atoms with Gasteiger partial charge in [0.15, 0.2) is 0 Å². The molecule has 0 rings (SSSR count). The lowest BCUT2D eigenvalue weighted by Crippen LogP contribution is -1.87. The van der Waals surface area contributed by atoms with Gasteiger partial charge in [0.1, 0.15) is 0 Å². The number of allylic oxidation sites excluding steroid dienone is 1. The SMILES string of the molecule is C=C(C)CCCCCC(C)C.CC. The van der Waals surface area contributed by atoms with E-state index in [1.807, 2.05) is 13.8 Å². The lowest BCUT2D eigenvalue weighted by Gasteiger charge is -2.03. The van der Waals surface area contributed by atoms with E-state index in [1.165, 1.54) is 37.7 Å². The fourth-order valence-corrected chi connectivity index (χ4v) is 1.16. The van der Waals surface area contributed by atoms with Gasteiger partial charge < -0.3 is 0 Å². The zero-order valence-electron chi connectivity index (χ0n) is 10.3. The van der Waals surface area contributed by atoms with Crippen LogP contribution < -0.4 is 0 Å². The first kappa shape index (κ1) is 15.2. The minimum atomic E-state index is 0.875. The Kier molecular flexibility index (Phi) is 13.7. The van der Waals surface area contributed by atoms with Crippen molar-refractivity contribution in [3.63, 3.8) is 0 Å². The van der Waals surface area contributed by atoms with Crippen LogP contribution in [0.3, 0.4) is 0 Å². The third kappa shape index (κ3) is 18.6. The van der Waals surface area contributed by atoms with Gasteiger partial charge in [-0.2, -0.15) is 0 Å². The Morgan fingerprint density at radius 1 is 1.08 bits per heavy atom. The van der Waals surface area contributed by atoms with Crippen LogP contribution in [0.1, 0.15) is 66.7 Å². The summed E-state index contributed by atoms with van der Waals surface area (Å²) in [4.78, 5) is 0. The summed E-state index contributed by atoms with van der Waals surface area (Å²) in [7, 11) is 0. The fraction of sp³-hybridized carbons (Fsp3) is 0.846. The van der Waals surface area contributed by atoms with Crippen molar-refractivity contribution in [3.8, 4) is 0 Å². The van der Waals surface area contributed by atoms with Crippen LogP contribution in [0, 0.1) is 5.92 Å². The summed E-state index contributed by atoms with van der Waals surface area (Å²) in [5, 5.41) is 0. The Bertz CT molecular complexity index is 101. The maximum Gasteiger partial charge on any atom is -0.0326 e. The predicted octanol–water partition coefficient (Wildman–Crippen LogP) is 5.20. The summed E-state index contributed by atoms with van der Waals surface area (Å²) < 4.78 is 0. The minimum absolute atomic E-state index is 0.875. The van der Waals surface area contributed by atoms with E-state index in [0.717, 1.165) is 5.92 Å². The molecule has 0 unspecified atom stereocenters. The van der Waals surface area contributed by atoms with Gasteiger partial charge in [0.2, 0.25) is 0 Å². The van der Waals surface area contributed by atoms with E-state index in [2.05, 4.69) is 27.4 Å². The Balaban J connectivity index is 0. The molecule has 13 heavy (non-hydrogen) atoms. The Morgan fingerprint density at radius 3 is 2.00 bits per heavy atom. The summed E-state index contributed by atoms with van der Waals surface area (Å²) in [5.41, 5.74) is 1.33. The molecule has 0 aromatic heterocycles. The minimum Gasteiger partial charge on any atom is -0.100 e. The molecule has 0 N–H and O–H groups in total. The van der Waals surface area contributed by atoms with E-state index >= 15 is 0 Å². The first-order valence-corrected chi connectivity index (χ1v) is 5.77. The fourth-order valence-electron chi connectivity index (χ4n) is 1.16. The van der Waals surface area contributed by atoms with Crippen LogP contribution >= 0.6 is 0 Å². The Labute approximate surface area is 85.4 Å². The van der Waals surface area contributed by atoms with E-state index < -0.39 is 0 Å². The van der Waals surface area contributed by atoms with Crippen LogP contribution in [0.2, 0.25) is 0 Å². The van der Waals surface area contributed by atoms with Gasteiger partial charge in [-0.1, -0.05) is 52.5 Å². The van der Waals surface area contributed by atoms with E-state index in [1.54, 1.807) is 0 Å². The molecule has 0 nitrogen and oxygen atoms in total. The second-order valence-corrected chi connectivity index (χ2v) is 3.95. The van der Waals surface area contributed by atoms with Crippen LogP contribution in [0.15, 0.2) is 12.2 Å². The molecule has 0 heterocycles. The van der Waals surface area contributed by atoms with Gasteiger partial charge in [-0.05, 0) is 25.7 Å². The normalized spacial score (nSPS) is 9.38. The summed E-state index contributed by atoms with van der Waals surface area (Å²) in [5.74, 6) is 0.875. The van der Waals surface area contributed by atoms with Gasteiger partial charge in [0, 0.05) is 0 Å². The number of unbranched alkanes of at least 4 members (excludes halogenated alkanes) is 2. The van der Waals surface area contributed by atoms with Gasteiger partial charge in [0.25, 0.3) is 0 Å². The molecule has 80 valence electrons. The quantitative estimate of drug-likeness (QED) is 0.393. The average molecular weight is 184 g/mol. The maximum absolute atomic E-state index is 3.89. The third-order valence-corrected chi connectivity index (χ3v) is 1.89. The highest BCUT2D eigenvalue weighted by Crippen LogP contribution is 2.11. The van der Waals surface area contributed by atoms with Crippen LogP contribution in [0.5, 0.6) is 0 Å². The van der Waals surface area contributed by atoms with E-state index in [9.17, 15) is 0 Å². The van der Waals surface area contributed by atoms with Crippen molar-refractivity contribution in [1.82, 2.24) is 0 Å². The number of hydrogen-bond donors (Lipinski definition) is 0. The van der Waals surface area contributed by atoms with Crippen molar-refractivity contribution >= 4 is 0 Å². The van der Waals surface area contributed by atoms with Crippen LogP contribution in [-0.4, -0.2) is 0 Å². The van der Waals surface area contributed by atoms with Crippen molar-refractivity contribution in [3.05, 3.63) is 12.2 Å². The van der Waals surface area contributed by atoms with E-state index in [4.69, 9.17) is 0 Å². The lowest BCUT2D eigenvalue weighted by molar-refractivity contribution is 0.527. The predicted molar refractivity (Wildman–Crippen MR) is 64.1 cm³/mol. The molecule has 0 fully saturated rings. The maximum atomic E-state index is 3.89. The second-order valence-electron chi connectivity index (χ2n) is 3.95. The highest BCUT2D eigenvalue weighted by Gasteiger charge is 1.93. The molecule has 0 amide bonds. The van der Waals surface area contributed by atoms with E-state index in [-0.39, 0.29) is 0 Å². The van der Waals surface area contributed by atoms with Gasteiger partial charge in [-0.15, -0.1) is 6.58 Å². The van der Waals surface area contributed by atoms with Gasteiger partial charge in [-0.3, -0.25) is 0 Å². The second kappa shape index (κ2) is 11.7. The van der Waals surface area contributed by atoms with Crippen molar-refractivity contribution in [2.75, 3.05) is 0 Å². The molecule has 0 atom stereocenters. The van der Waals surface area contributed by atoms with Crippen molar-refractivity contribution in [2.24, 2.45) is 5.92 Å². The van der Waals surface area contributed by atoms with Crippen LogP contribution in [0.4, 0.5) is 0 Å². The van der Waals surface area contributed by atoms with Crippen LogP contribution in [-0.2, 0) is 0 Å². The number of rotatable bonds is 6. The van der Waals surface area contributed by atoms with Crippen molar-refractivity contribution < 1.29 is 0 Å². The molecule has 0 aromatic carbocycles. The molecular formula is C13H28. The van der Waals surface area contributed by atoms with E-state index in [0.29, 0.717) is 0 Å². The first-order chi connectivity index (χ1) is 6.13. The molecule has 0 radical (unpaired) electrons. The van der Waals surface area contributed by atoms with Gasteiger partial charge >= 0.3 is 0 Å². The highest BCUT2D eigenvalue weighted by molar-refractivity contribution is 4.86. The third-order valence-electron chi connectivity index (χ3n) is 1.89. The molecule has 0 saturated heterocycles. The lowest BCUT2D eigenvalue weighted by atomic mass is 10.0. The number of hydrogen-bond acceptors (Lipinski definition) is 0. The molecule has 0 bridgehead atoms. The topological polar surface area (TPSA) is 0 Å². The monoisotopic (exact) mass is 184 g/mol. The van der Waals surface area contributed by atoms with Crippen molar-refractivity contribution in [1.29, 1.82) is 0 Å².